The SMILES string of the molecule is CC(=O)c1cnc(-c2ccc(Br)s2)[nH]1. The maximum atomic E-state index is 11.0. The van der Waals surface area contributed by atoms with Crippen molar-refractivity contribution < 1.29 is 4.79 Å². The molecular weight excluding hydrogens is 264 g/mol. The Bertz CT molecular complexity index is 475. The van der Waals surface area contributed by atoms with Crippen molar-refractivity contribution in [2.45, 2.75) is 6.92 Å². The van der Waals surface area contributed by atoms with Gasteiger partial charge >= 0.3 is 0 Å². The largest absolute Gasteiger partial charge is 0.335 e. The molecule has 3 nitrogen and oxygen atoms in total. The number of hydrogen-bond donors (Lipinski definition) is 1. The molecule has 1 N–H and O–H groups in total. The molecule has 0 aliphatic rings. The minimum Gasteiger partial charge on any atom is -0.335 e. The number of nitrogens with zero attached hydrogens (tertiary/aromatic N) is 1. The van der Waals surface area contributed by atoms with E-state index in [1.165, 1.54) is 6.92 Å². The van der Waals surface area contributed by atoms with Crippen LogP contribution in [0.1, 0.15) is 17.4 Å². The number of ketones is 1. The first-order chi connectivity index (χ1) is 6.66. The molecule has 2 rings (SSSR count). The summed E-state index contributed by atoms with van der Waals surface area (Å²) < 4.78 is 1.05. The summed E-state index contributed by atoms with van der Waals surface area (Å²) in [6.07, 6.45) is 1.56. The van der Waals surface area contributed by atoms with E-state index >= 15 is 0 Å². The summed E-state index contributed by atoms with van der Waals surface area (Å²) in [4.78, 5) is 19.1. The second-order valence-electron chi connectivity index (χ2n) is 2.81. The number of carbonyl (C=O) groups is 1. The van der Waals surface area contributed by atoms with Crippen LogP contribution in [0.3, 0.4) is 0 Å². The summed E-state index contributed by atoms with van der Waals surface area (Å²) in [7, 11) is 0. The molecule has 0 saturated heterocycles. The van der Waals surface area contributed by atoms with Gasteiger partial charge in [0.05, 0.1) is 14.9 Å². The zero-order valence-electron chi connectivity index (χ0n) is 7.37. The molecule has 2 heterocycles. The molecule has 0 bridgehead atoms. The molecule has 2 aromatic heterocycles. The van der Waals surface area contributed by atoms with E-state index in [0.717, 1.165) is 14.5 Å². The minimum absolute atomic E-state index is 0.000582. The number of halogens is 1. The smallest absolute Gasteiger partial charge is 0.177 e. The van der Waals surface area contributed by atoms with Gasteiger partial charge in [-0.2, -0.15) is 0 Å². The van der Waals surface area contributed by atoms with E-state index in [-0.39, 0.29) is 5.78 Å². The number of aromatic nitrogens is 2. The molecule has 0 fully saturated rings. The number of hydrogen-bond acceptors (Lipinski definition) is 3. The molecule has 0 spiro atoms. The van der Waals surface area contributed by atoms with Crippen LogP contribution >= 0.6 is 27.3 Å². The molecule has 0 unspecified atom stereocenters. The van der Waals surface area contributed by atoms with Gasteiger partial charge in [-0.05, 0) is 28.1 Å². The molecule has 0 aliphatic heterocycles. The molecule has 0 amide bonds. The van der Waals surface area contributed by atoms with Gasteiger partial charge in [-0.3, -0.25) is 4.79 Å². The van der Waals surface area contributed by atoms with Gasteiger partial charge in [-0.1, -0.05) is 0 Å². The third-order valence-corrected chi connectivity index (χ3v) is 3.39. The Kier molecular flexibility index (Phi) is 2.52. The number of imidazole rings is 1. The highest BCUT2D eigenvalue weighted by Crippen LogP contribution is 2.29. The van der Waals surface area contributed by atoms with Crippen LogP contribution in [0.2, 0.25) is 0 Å². The van der Waals surface area contributed by atoms with Crippen LogP contribution in [0, 0.1) is 0 Å². The molecule has 72 valence electrons. The van der Waals surface area contributed by atoms with Crippen molar-refractivity contribution in [3.8, 4) is 10.7 Å². The van der Waals surface area contributed by atoms with Crippen LogP contribution in [0.25, 0.3) is 10.7 Å². The first-order valence-corrected chi connectivity index (χ1v) is 5.59. The molecule has 0 saturated carbocycles. The van der Waals surface area contributed by atoms with Crippen LogP contribution < -0.4 is 0 Å². The zero-order chi connectivity index (χ0) is 10.1. The fraction of sp³-hybridized carbons (Fsp3) is 0.111. The van der Waals surface area contributed by atoms with Crippen LogP contribution in [0.5, 0.6) is 0 Å². The highest BCUT2D eigenvalue weighted by Gasteiger charge is 2.07. The summed E-state index contributed by atoms with van der Waals surface area (Å²) in [5.41, 5.74) is 0.546. The lowest BCUT2D eigenvalue weighted by atomic mass is 10.3. The van der Waals surface area contributed by atoms with Crippen molar-refractivity contribution in [2.24, 2.45) is 0 Å². The van der Waals surface area contributed by atoms with E-state index < -0.39 is 0 Å². The van der Waals surface area contributed by atoms with Gasteiger partial charge in [0.2, 0.25) is 0 Å². The minimum atomic E-state index is -0.000582. The van der Waals surface area contributed by atoms with Crippen molar-refractivity contribution in [1.82, 2.24) is 9.97 Å². The van der Waals surface area contributed by atoms with Crippen molar-refractivity contribution in [2.75, 3.05) is 0 Å². The number of H-pyrrole nitrogens is 1. The molecule has 2 aromatic rings. The maximum absolute atomic E-state index is 11.0. The highest BCUT2D eigenvalue weighted by molar-refractivity contribution is 9.11. The Morgan fingerprint density at radius 1 is 1.57 bits per heavy atom. The third-order valence-electron chi connectivity index (χ3n) is 1.76. The predicted octanol–water partition coefficient (Wildman–Crippen LogP) is 3.10. The van der Waals surface area contributed by atoms with Crippen molar-refractivity contribution in [3.05, 3.63) is 27.8 Å². The predicted molar refractivity (Wildman–Crippen MR) is 59.6 cm³/mol. The van der Waals surface area contributed by atoms with E-state index in [1.807, 2.05) is 12.1 Å². The fourth-order valence-corrected chi connectivity index (χ4v) is 2.40. The topological polar surface area (TPSA) is 45.8 Å². The van der Waals surface area contributed by atoms with Gasteiger partial charge < -0.3 is 4.98 Å². The summed E-state index contributed by atoms with van der Waals surface area (Å²) in [5.74, 6) is 0.741. The second kappa shape index (κ2) is 3.67. The van der Waals surface area contributed by atoms with E-state index in [9.17, 15) is 4.79 Å². The Morgan fingerprint density at radius 2 is 2.36 bits per heavy atom. The molecular formula is C9H7BrN2OS. The molecule has 14 heavy (non-hydrogen) atoms. The molecule has 0 aromatic carbocycles. The first kappa shape index (κ1) is 9.61. The van der Waals surface area contributed by atoms with E-state index in [1.54, 1.807) is 17.5 Å². The number of nitrogens with one attached hydrogen (secondary N) is 1. The van der Waals surface area contributed by atoms with Crippen molar-refractivity contribution in [3.63, 3.8) is 0 Å². The van der Waals surface area contributed by atoms with Gasteiger partial charge in [0.15, 0.2) is 5.78 Å². The van der Waals surface area contributed by atoms with E-state index in [0.29, 0.717) is 5.69 Å². The summed E-state index contributed by atoms with van der Waals surface area (Å²) in [5, 5.41) is 0. The number of aromatic amines is 1. The highest BCUT2D eigenvalue weighted by atomic mass is 79.9. The van der Waals surface area contributed by atoms with Gasteiger partial charge in [0.1, 0.15) is 11.5 Å². The van der Waals surface area contributed by atoms with Crippen LogP contribution in [-0.4, -0.2) is 15.8 Å². The molecule has 0 radical (unpaired) electrons. The van der Waals surface area contributed by atoms with Gasteiger partial charge in [-0.15, -0.1) is 11.3 Å². The number of rotatable bonds is 2. The average molecular weight is 271 g/mol. The standard InChI is InChI=1S/C9H7BrN2OS/c1-5(13)6-4-11-9(12-6)7-2-3-8(10)14-7/h2-4H,1H3,(H,11,12). The Morgan fingerprint density at radius 3 is 2.86 bits per heavy atom. The van der Waals surface area contributed by atoms with Gasteiger partial charge in [0, 0.05) is 6.92 Å². The van der Waals surface area contributed by atoms with E-state index in [2.05, 4.69) is 25.9 Å². The lowest BCUT2D eigenvalue weighted by molar-refractivity contribution is 0.101. The zero-order valence-corrected chi connectivity index (χ0v) is 9.78. The Balaban J connectivity index is 2.38. The van der Waals surface area contributed by atoms with Crippen LogP contribution in [0.4, 0.5) is 0 Å². The maximum Gasteiger partial charge on any atom is 0.177 e. The van der Waals surface area contributed by atoms with Gasteiger partial charge in [0.25, 0.3) is 0 Å². The lowest BCUT2D eigenvalue weighted by Crippen LogP contribution is -1.90. The van der Waals surface area contributed by atoms with Crippen LogP contribution in [0.15, 0.2) is 22.1 Å². The number of Topliss-reactive ketones (excluding diaryl/α,β-unsaturated/α-hetero) is 1. The fourth-order valence-electron chi connectivity index (χ4n) is 1.07. The quantitative estimate of drug-likeness (QED) is 0.853. The Labute approximate surface area is 93.3 Å². The third kappa shape index (κ3) is 1.78. The van der Waals surface area contributed by atoms with E-state index in [4.69, 9.17) is 0 Å². The second-order valence-corrected chi connectivity index (χ2v) is 5.27. The van der Waals surface area contributed by atoms with Gasteiger partial charge in [-0.25, -0.2) is 4.98 Å². The lowest BCUT2D eigenvalue weighted by Gasteiger charge is -1.88. The molecule has 0 atom stereocenters. The van der Waals surface area contributed by atoms with Crippen molar-refractivity contribution >= 4 is 33.0 Å². The summed E-state index contributed by atoms with van der Waals surface area (Å²) in [6, 6.07) is 3.91. The van der Waals surface area contributed by atoms with Crippen molar-refractivity contribution in [1.29, 1.82) is 0 Å². The normalized spacial score (nSPS) is 10.4. The summed E-state index contributed by atoms with van der Waals surface area (Å²) in [6.45, 7) is 1.52. The first-order valence-electron chi connectivity index (χ1n) is 3.98. The Hall–Kier alpha value is -0.940. The average Bonchev–Trinajstić information content (AvgIpc) is 2.70. The monoisotopic (exact) mass is 270 g/mol. The number of carbonyl (C=O) groups excluding carboxylic acids is 1. The summed E-state index contributed by atoms with van der Waals surface area (Å²) >= 11 is 4.95. The molecule has 0 aliphatic carbocycles. The molecule has 5 heteroatoms. The number of thiophene rings is 1. The van der Waals surface area contributed by atoms with Crippen LogP contribution in [-0.2, 0) is 0 Å².